The van der Waals surface area contributed by atoms with Crippen LogP contribution in [0.2, 0.25) is 0 Å². The Kier molecular flexibility index (Phi) is 9.57. The maximum atomic E-state index is 13.6. The van der Waals surface area contributed by atoms with E-state index in [4.69, 9.17) is 10.5 Å². The first-order valence-corrected chi connectivity index (χ1v) is 13.8. The Morgan fingerprint density at radius 2 is 1.79 bits per heavy atom. The van der Waals surface area contributed by atoms with Gasteiger partial charge in [0.15, 0.2) is 0 Å². The van der Waals surface area contributed by atoms with E-state index < -0.39 is 23.8 Å². The molecule has 0 bridgehead atoms. The number of benzene rings is 2. The zero-order valence-corrected chi connectivity index (χ0v) is 22.0. The van der Waals surface area contributed by atoms with Crippen molar-refractivity contribution in [2.75, 3.05) is 6.54 Å². The summed E-state index contributed by atoms with van der Waals surface area (Å²) in [5.41, 5.74) is 6.66. The molecule has 7 heteroatoms. The molecule has 1 saturated carbocycles. The minimum absolute atomic E-state index is 0.0908. The Morgan fingerprint density at radius 1 is 1.03 bits per heavy atom. The topological polar surface area (TPSA) is 102 Å². The molecule has 1 heterocycles. The number of carbonyl (C=O) groups is 3. The first-order chi connectivity index (χ1) is 18.4. The number of carbonyl (C=O) groups excluding carboxylic acids is 3. The van der Waals surface area contributed by atoms with Crippen molar-refractivity contribution >= 4 is 17.7 Å². The minimum Gasteiger partial charge on any atom is -0.457 e. The smallest absolute Gasteiger partial charge is 0.245 e. The predicted molar refractivity (Wildman–Crippen MR) is 147 cm³/mol. The second kappa shape index (κ2) is 13.3. The standard InChI is InChI=1S/C31H39N3O4/c1-2-10-26(29(32)35)27(20-22-11-8-12-22)30(36)33-28-17-6-7-18-34(31(28)37)21-23-13-9-16-25(19-23)38-24-14-4-3-5-15-24/h2-5,9,13-16,19,22,26-28H,1,6-8,10-12,17-18,20-21H2,(H2,32,35)(H,33,36)/t26?,27?,28-/m0/s1. The molecule has 4 rings (SSSR count). The monoisotopic (exact) mass is 517 g/mol. The number of nitrogens with two attached hydrogens (primary N) is 1. The number of nitrogens with zero attached hydrogens (tertiary/aromatic N) is 1. The molecular formula is C31H39N3O4. The summed E-state index contributed by atoms with van der Waals surface area (Å²) in [6.07, 6.45) is 8.17. The van der Waals surface area contributed by atoms with E-state index >= 15 is 0 Å². The molecule has 2 aromatic carbocycles. The largest absolute Gasteiger partial charge is 0.457 e. The van der Waals surface area contributed by atoms with Gasteiger partial charge in [-0.3, -0.25) is 14.4 Å². The summed E-state index contributed by atoms with van der Waals surface area (Å²) in [6.45, 7) is 4.81. The van der Waals surface area contributed by atoms with E-state index in [1.807, 2.05) is 59.5 Å². The number of hydrogen-bond donors (Lipinski definition) is 2. The zero-order valence-electron chi connectivity index (χ0n) is 22.0. The van der Waals surface area contributed by atoms with E-state index in [0.29, 0.717) is 44.0 Å². The van der Waals surface area contributed by atoms with E-state index in [1.54, 1.807) is 6.08 Å². The fourth-order valence-electron chi connectivity index (χ4n) is 5.43. The molecule has 38 heavy (non-hydrogen) atoms. The van der Waals surface area contributed by atoms with Crippen LogP contribution >= 0.6 is 0 Å². The number of para-hydroxylation sites is 1. The van der Waals surface area contributed by atoms with Gasteiger partial charge in [0.1, 0.15) is 17.5 Å². The maximum absolute atomic E-state index is 13.6. The van der Waals surface area contributed by atoms with Crippen LogP contribution in [0, 0.1) is 17.8 Å². The Morgan fingerprint density at radius 3 is 2.47 bits per heavy atom. The minimum atomic E-state index is -0.616. The summed E-state index contributed by atoms with van der Waals surface area (Å²) in [6, 6.07) is 16.7. The predicted octanol–water partition coefficient (Wildman–Crippen LogP) is 4.96. The van der Waals surface area contributed by atoms with Crippen LogP contribution in [-0.2, 0) is 20.9 Å². The van der Waals surface area contributed by atoms with Crippen LogP contribution in [0.15, 0.2) is 67.3 Å². The van der Waals surface area contributed by atoms with Crippen LogP contribution in [0.4, 0.5) is 0 Å². The summed E-state index contributed by atoms with van der Waals surface area (Å²) in [4.78, 5) is 41.1. The van der Waals surface area contributed by atoms with Crippen molar-refractivity contribution in [3.63, 3.8) is 0 Å². The van der Waals surface area contributed by atoms with Gasteiger partial charge in [-0.25, -0.2) is 0 Å². The average Bonchev–Trinajstić information content (AvgIpc) is 3.04. The molecule has 202 valence electrons. The number of hydrogen-bond acceptors (Lipinski definition) is 4. The van der Waals surface area contributed by atoms with Crippen LogP contribution in [-0.4, -0.2) is 35.2 Å². The molecule has 1 saturated heterocycles. The fraction of sp³-hybridized carbons (Fsp3) is 0.452. The van der Waals surface area contributed by atoms with Crippen molar-refractivity contribution in [1.82, 2.24) is 10.2 Å². The number of amides is 3. The third-order valence-corrected chi connectivity index (χ3v) is 7.77. The molecule has 1 aliphatic heterocycles. The Labute approximate surface area is 225 Å². The van der Waals surface area contributed by atoms with Gasteiger partial charge in [-0.15, -0.1) is 6.58 Å². The van der Waals surface area contributed by atoms with Crippen molar-refractivity contribution < 1.29 is 19.1 Å². The van der Waals surface area contributed by atoms with Gasteiger partial charge in [0.2, 0.25) is 17.7 Å². The molecule has 0 spiro atoms. The van der Waals surface area contributed by atoms with Gasteiger partial charge in [0.05, 0.1) is 11.8 Å². The van der Waals surface area contributed by atoms with E-state index in [9.17, 15) is 14.4 Å². The van der Waals surface area contributed by atoms with Gasteiger partial charge < -0.3 is 20.7 Å². The SMILES string of the molecule is C=CCC(C(N)=O)C(CC1CCC1)C(=O)N[C@H]1CCCCN(Cc2cccc(Oc3ccccc3)c2)C1=O. The average molecular weight is 518 g/mol. The van der Waals surface area contributed by atoms with E-state index in [2.05, 4.69) is 11.9 Å². The van der Waals surface area contributed by atoms with Gasteiger partial charge in [-0.2, -0.15) is 0 Å². The summed E-state index contributed by atoms with van der Waals surface area (Å²) in [5, 5.41) is 3.02. The molecule has 2 unspecified atom stereocenters. The summed E-state index contributed by atoms with van der Waals surface area (Å²) < 4.78 is 5.96. The van der Waals surface area contributed by atoms with Crippen LogP contribution in [0.5, 0.6) is 11.5 Å². The van der Waals surface area contributed by atoms with Gasteiger partial charge in [0, 0.05) is 13.1 Å². The van der Waals surface area contributed by atoms with Gasteiger partial charge in [-0.05, 0) is 67.9 Å². The Balaban J connectivity index is 1.44. The molecule has 3 N–H and O–H groups in total. The second-order valence-corrected chi connectivity index (χ2v) is 10.6. The highest BCUT2D eigenvalue weighted by Gasteiger charge is 2.37. The third kappa shape index (κ3) is 7.24. The number of ether oxygens (including phenoxy) is 1. The fourth-order valence-corrected chi connectivity index (χ4v) is 5.43. The van der Waals surface area contributed by atoms with Crippen molar-refractivity contribution in [2.24, 2.45) is 23.5 Å². The van der Waals surface area contributed by atoms with E-state index in [1.165, 1.54) is 0 Å². The number of nitrogens with one attached hydrogen (secondary N) is 1. The third-order valence-electron chi connectivity index (χ3n) is 7.77. The molecule has 2 aromatic rings. The highest BCUT2D eigenvalue weighted by Crippen LogP contribution is 2.36. The van der Waals surface area contributed by atoms with Crippen LogP contribution < -0.4 is 15.8 Å². The molecule has 3 atom stereocenters. The lowest BCUT2D eigenvalue weighted by Gasteiger charge is -2.33. The highest BCUT2D eigenvalue weighted by molar-refractivity contribution is 5.91. The number of likely N-dealkylation sites (tertiary alicyclic amines) is 1. The summed E-state index contributed by atoms with van der Waals surface area (Å²) in [5.74, 6) is -0.114. The maximum Gasteiger partial charge on any atom is 0.245 e. The molecule has 2 fully saturated rings. The summed E-state index contributed by atoms with van der Waals surface area (Å²) in [7, 11) is 0. The zero-order chi connectivity index (χ0) is 26.9. The van der Waals surface area contributed by atoms with Gasteiger partial charge in [-0.1, -0.05) is 55.7 Å². The second-order valence-electron chi connectivity index (χ2n) is 10.6. The Hall–Kier alpha value is -3.61. The lowest BCUT2D eigenvalue weighted by molar-refractivity contribution is -0.139. The number of rotatable bonds is 12. The molecule has 7 nitrogen and oxygen atoms in total. The van der Waals surface area contributed by atoms with Crippen LogP contribution in [0.1, 0.15) is 56.9 Å². The molecule has 0 radical (unpaired) electrons. The van der Waals surface area contributed by atoms with Crippen molar-refractivity contribution in [1.29, 1.82) is 0 Å². The Bertz CT molecular complexity index is 1120. The summed E-state index contributed by atoms with van der Waals surface area (Å²) >= 11 is 0. The van der Waals surface area contributed by atoms with Crippen molar-refractivity contribution in [3.8, 4) is 11.5 Å². The first kappa shape index (κ1) is 27.4. The van der Waals surface area contributed by atoms with Crippen LogP contribution in [0.25, 0.3) is 0 Å². The quantitative estimate of drug-likeness (QED) is 0.389. The highest BCUT2D eigenvalue weighted by atomic mass is 16.5. The molecule has 0 aromatic heterocycles. The van der Waals surface area contributed by atoms with Crippen molar-refractivity contribution in [2.45, 2.75) is 64.0 Å². The molecule has 2 aliphatic rings. The lowest BCUT2D eigenvalue weighted by Crippen LogP contribution is -2.51. The first-order valence-electron chi connectivity index (χ1n) is 13.8. The van der Waals surface area contributed by atoms with E-state index in [0.717, 1.165) is 43.4 Å². The van der Waals surface area contributed by atoms with Crippen LogP contribution in [0.3, 0.4) is 0 Å². The normalized spacial score (nSPS) is 19.5. The molecule has 3 amide bonds. The number of primary amides is 1. The molecular weight excluding hydrogens is 478 g/mol. The molecule has 1 aliphatic carbocycles. The van der Waals surface area contributed by atoms with Crippen molar-refractivity contribution in [3.05, 3.63) is 72.8 Å². The van der Waals surface area contributed by atoms with Gasteiger partial charge in [0.25, 0.3) is 0 Å². The van der Waals surface area contributed by atoms with E-state index in [-0.39, 0.29) is 11.8 Å². The number of allylic oxidation sites excluding steroid dienone is 1. The lowest BCUT2D eigenvalue weighted by atomic mass is 9.74. The van der Waals surface area contributed by atoms with Gasteiger partial charge >= 0.3 is 0 Å².